The highest BCUT2D eigenvalue weighted by molar-refractivity contribution is 7.92. The topological polar surface area (TPSA) is 83.5 Å². The highest BCUT2D eigenvalue weighted by Gasteiger charge is 2.26. The van der Waals surface area contributed by atoms with Gasteiger partial charge in [-0.2, -0.15) is 0 Å². The van der Waals surface area contributed by atoms with Gasteiger partial charge in [0, 0.05) is 0 Å². The number of benzene rings is 1. The maximum atomic E-state index is 12.0. The summed E-state index contributed by atoms with van der Waals surface area (Å²) in [6, 6.07) is 4.69. The molecule has 2 N–H and O–H groups in total. The summed E-state index contributed by atoms with van der Waals surface area (Å²) in [5, 5.41) is 9.09. The molecule has 1 fully saturated rings. The Morgan fingerprint density at radius 2 is 2.11 bits per heavy atom. The molecular formula is C13H17NO4S. The predicted molar refractivity (Wildman–Crippen MR) is 72.9 cm³/mol. The molecule has 104 valence electrons. The molecule has 0 radical (unpaired) electrons. The molecule has 0 bridgehead atoms. The molecule has 2 rings (SSSR count). The first-order chi connectivity index (χ1) is 8.89. The van der Waals surface area contributed by atoms with Crippen molar-refractivity contribution in [3.05, 3.63) is 29.3 Å². The summed E-state index contributed by atoms with van der Waals surface area (Å²) in [6.45, 7) is 1.69. The van der Waals surface area contributed by atoms with Crippen molar-refractivity contribution in [2.75, 3.05) is 10.5 Å². The molecule has 1 aromatic carbocycles. The van der Waals surface area contributed by atoms with Crippen LogP contribution in [0.4, 0.5) is 5.69 Å². The minimum Gasteiger partial charge on any atom is -0.478 e. The Morgan fingerprint density at radius 3 is 2.63 bits per heavy atom. The summed E-state index contributed by atoms with van der Waals surface area (Å²) >= 11 is 0. The average molecular weight is 283 g/mol. The van der Waals surface area contributed by atoms with E-state index in [1.165, 1.54) is 6.07 Å². The van der Waals surface area contributed by atoms with Gasteiger partial charge in [0.25, 0.3) is 0 Å². The first-order valence-corrected chi connectivity index (χ1v) is 7.87. The monoisotopic (exact) mass is 283 g/mol. The third-order valence-corrected chi connectivity index (χ3v) is 4.87. The molecule has 1 aliphatic carbocycles. The van der Waals surface area contributed by atoms with Gasteiger partial charge in [0.1, 0.15) is 0 Å². The van der Waals surface area contributed by atoms with Crippen molar-refractivity contribution in [2.45, 2.75) is 26.2 Å². The lowest BCUT2D eigenvalue weighted by Crippen LogP contribution is -2.27. The van der Waals surface area contributed by atoms with Gasteiger partial charge in [-0.15, -0.1) is 0 Å². The summed E-state index contributed by atoms with van der Waals surface area (Å²) in [5.41, 5.74) is 0.767. The van der Waals surface area contributed by atoms with Crippen LogP contribution in [0, 0.1) is 12.8 Å². The minimum atomic E-state index is -3.49. The number of para-hydroxylation sites is 1. The highest BCUT2D eigenvalue weighted by Crippen LogP contribution is 2.29. The van der Waals surface area contributed by atoms with Crippen LogP contribution >= 0.6 is 0 Å². The number of sulfonamides is 1. The minimum absolute atomic E-state index is 0.0165. The number of hydrogen-bond donors (Lipinski definition) is 2. The summed E-state index contributed by atoms with van der Waals surface area (Å²) in [6.07, 6.45) is 2.94. The Hall–Kier alpha value is -1.56. The smallest absolute Gasteiger partial charge is 0.337 e. The lowest BCUT2D eigenvalue weighted by molar-refractivity contribution is 0.0698. The van der Waals surface area contributed by atoms with Crippen molar-refractivity contribution >= 4 is 21.7 Å². The van der Waals surface area contributed by atoms with Crippen molar-refractivity contribution in [3.8, 4) is 0 Å². The molecule has 1 aliphatic rings. The lowest BCUT2D eigenvalue weighted by Gasteiger charge is -2.25. The number of carbonyl (C=O) groups is 1. The second kappa shape index (κ2) is 5.21. The van der Waals surface area contributed by atoms with Crippen LogP contribution in [0.25, 0.3) is 0 Å². The van der Waals surface area contributed by atoms with Gasteiger partial charge in [-0.1, -0.05) is 18.6 Å². The van der Waals surface area contributed by atoms with E-state index < -0.39 is 16.0 Å². The molecule has 0 spiro atoms. The van der Waals surface area contributed by atoms with Gasteiger partial charge in [0.05, 0.1) is 17.0 Å². The zero-order valence-corrected chi connectivity index (χ0v) is 11.5. The molecule has 0 atom stereocenters. The summed E-state index contributed by atoms with van der Waals surface area (Å²) in [4.78, 5) is 11.1. The maximum Gasteiger partial charge on any atom is 0.337 e. The van der Waals surface area contributed by atoms with E-state index >= 15 is 0 Å². The number of carboxylic acid groups (broad SMARTS) is 1. The normalized spacial score (nSPS) is 15.8. The van der Waals surface area contributed by atoms with Gasteiger partial charge in [0.2, 0.25) is 10.0 Å². The van der Waals surface area contributed by atoms with E-state index in [2.05, 4.69) is 4.72 Å². The van der Waals surface area contributed by atoms with Crippen molar-refractivity contribution in [1.29, 1.82) is 0 Å². The van der Waals surface area contributed by atoms with Gasteiger partial charge in [-0.05, 0) is 37.3 Å². The number of hydrogen-bond acceptors (Lipinski definition) is 3. The first kappa shape index (κ1) is 13.9. The third kappa shape index (κ3) is 3.26. The number of rotatable bonds is 5. The molecule has 0 aromatic heterocycles. The van der Waals surface area contributed by atoms with E-state index in [1.54, 1.807) is 19.1 Å². The van der Waals surface area contributed by atoms with Gasteiger partial charge in [-0.3, -0.25) is 4.72 Å². The summed E-state index contributed by atoms with van der Waals surface area (Å²) in [5.74, 6) is -0.861. The molecule has 1 saturated carbocycles. The quantitative estimate of drug-likeness (QED) is 0.868. The van der Waals surface area contributed by atoms with Crippen molar-refractivity contribution in [3.63, 3.8) is 0 Å². The Balaban J connectivity index is 2.24. The first-order valence-electron chi connectivity index (χ1n) is 6.22. The second-order valence-electron chi connectivity index (χ2n) is 4.98. The largest absolute Gasteiger partial charge is 0.478 e. The fourth-order valence-corrected chi connectivity index (χ4v) is 3.77. The van der Waals surface area contributed by atoms with Crippen LogP contribution in [0.3, 0.4) is 0 Å². The molecule has 0 heterocycles. The number of aryl methyl sites for hydroxylation is 1. The standard InChI is InChI=1S/C13H17NO4S/c1-9-4-2-7-11(13(15)16)12(9)14-19(17,18)8-10-5-3-6-10/h2,4,7,10,14H,3,5-6,8H2,1H3,(H,15,16). The molecule has 0 aliphatic heterocycles. The average Bonchev–Trinajstić information content (AvgIpc) is 2.26. The van der Waals surface area contributed by atoms with Crippen LogP contribution in [0.2, 0.25) is 0 Å². The summed E-state index contributed by atoms with van der Waals surface area (Å²) < 4.78 is 26.5. The number of nitrogens with one attached hydrogen (secondary N) is 1. The molecule has 19 heavy (non-hydrogen) atoms. The molecule has 1 aromatic rings. The van der Waals surface area contributed by atoms with Crippen molar-refractivity contribution in [2.24, 2.45) is 5.92 Å². The molecule has 6 heteroatoms. The number of aromatic carboxylic acids is 1. The molecule has 0 saturated heterocycles. The Kier molecular flexibility index (Phi) is 3.80. The molecular weight excluding hydrogens is 266 g/mol. The zero-order valence-electron chi connectivity index (χ0n) is 10.7. The van der Waals surface area contributed by atoms with Gasteiger partial charge < -0.3 is 5.11 Å². The lowest BCUT2D eigenvalue weighted by atomic mass is 9.87. The van der Waals surface area contributed by atoms with Crippen LogP contribution in [-0.2, 0) is 10.0 Å². The Labute approximate surface area is 112 Å². The van der Waals surface area contributed by atoms with Crippen LogP contribution < -0.4 is 4.72 Å². The molecule has 0 unspecified atom stereocenters. The summed E-state index contributed by atoms with van der Waals surface area (Å²) in [7, 11) is -3.49. The second-order valence-corrected chi connectivity index (χ2v) is 6.75. The van der Waals surface area contributed by atoms with Gasteiger partial charge >= 0.3 is 5.97 Å². The SMILES string of the molecule is Cc1cccc(C(=O)O)c1NS(=O)(=O)CC1CCC1. The van der Waals surface area contributed by atoms with E-state index in [4.69, 9.17) is 5.11 Å². The Morgan fingerprint density at radius 1 is 1.42 bits per heavy atom. The van der Waals surface area contributed by atoms with Crippen molar-refractivity contribution in [1.82, 2.24) is 0 Å². The van der Waals surface area contributed by atoms with E-state index in [0.717, 1.165) is 19.3 Å². The number of anilines is 1. The van der Waals surface area contributed by atoms with Gasteiger partial charge in [-0.25, -0.2) is 13.2 Å². The maximum absolute atomic E-state index is 12.0. The van der Waals surface area contributed by atoms with Crippen LogP contribution in [0.5, 0.6) is 0 Å². The molecule has 5 nitrogen and oxygen atoms in total. The highest BCUT2D eigenvalue weighted by atomic mass is 32.2. The Bertz CT molecular complexity index is 591. The van der Waals surface area contributed by atoms with Gasteiger partial charge in [0.15, 0.2) is 0 Å². The zero-order chi connectivity index (χ0) is 14.0. The van der Waals surface area contributed by atoms with E-state index in [1.807, 2.05) is 0 Å². The van der Waals surface area contributed by atoms with E-state index in [0.29, 0.717) is 5.56 Å². The van der Waals surface area contributed by atoms with Crippen LogP contribution in [0.15, 0.2) is 18.2 Å². The van der Waals surface area contributed by atoms with Crippen LogP contribution in [-0.4, -0.2) is 25.2 Å². The fourth-order valence-electron chi connectivity index (χ4n) is 2.15. The van der Waals surface area contributed by atoms with Crippen molar-refractivity contribution < 1.29 is 18.3 Å². The van der Waals surface area contributed by atoms with E-state index in [9.17, 15) is 13.2 Å². The number of carboxylic acids is 1. The predicted octanol–water partition coefficient (Wildman–Crippen LogP) is 2.24. The fraction of sp³-hybridized carbons (Fsp3) is 0.462. The van der Waals surface area contributed by atoms with Crippen LogP contribution in [0.1, 0.15) is 35.2 Å². The third-order valence-electron chi connectivity index (χ3n) is 3.44. The molecule has 0 amide bonds. The van der Waals surface area contributed by atoms with E-state index in [-0.39, 0.29) is 22.9 Å².